The molecule has 0 aromatic heterocycles. The summed E-state index contributed by atoms with van der Waals surface area (Å²) in [5, 5.41) is 9.23. The normalized spacial score (nSPS) is 25.3. The third-order valence-corrected chi connectivity index (χ3v) is 3.49. The van der Waals surface area contributed by atoms with Crippen molar-refractivity contribution in [2.24, 2.45) is 17.6 Å². The first-order valence-electron chi connectivity index (χ1n) is 6.19. The Hall–Kier alpha value is -0.840. The summed E-state index contributed by atoms with van der Waals surface area (Å²) in [4.78, 5) is 14.2. The van der Waals surface area contributed by atoms with Gasteiger partial charge in [-0.05, 0) is 37.6 Å². The van der Waals surface area contributed by atoms with Gasteiger partial charge in [0.2, 0.25) is 0 Å². The summed E-state index contributed by atoms with van der Waals surface area (Å²) in [5.74, 6) is 1.56. The van der Waals surface area contributed by atoms with Crippen molar-refractivity contribution in [3.8, 4) is 0 Å². The van der Waals surface area contributed by atoms with Crippen LogP contribution in [0.5, 0.6) is 0 Å². The lowest BCUT2D eigenvalue weighted by molar-refractivity contribution is -0.757. The average molecular weight is 230 g/mol. The van der Waals surface area contributed by atoms with E-state index in [-0.39, 0.29) is 6.61 Å². The maximum atomic E-state index is 9.94. The summed E-state index contributed by atoms with van der Waals surface area (Å²) >= 11 is 0. The highest BCUT2D eigenvalue weighted by atomic mass is 16.9. The van der Waals surface area contributed by atoms with Crippen LogP contribution in [0.4, 0.5) is 0 Å². The minimum absolute atomic E-state index is 0.246. The van der Waals surface area contributed by atoms with Crippen molar-refractivity contribution in [1.29, 1.82) is 0 Å². The van der Waals surface area contributed by atoms with Crippen LogP contribution in [-0.4, -0.2) is 18.2 Å². The molecule has 1 aliphatic carbocycles. The van der Waals surface area contributed by atoms with Crippen molar-refractivity contribution in [2.75, 3.05) is 13.2 Å². The molecule has 0 radical (unpaired) electrons. The van der Waals surface area contributed by atoms with Gasteiger partial charge in [0.05, 0.1) is 6.61 Å². The third kappa shape index (κ3) is 5.30. The van der Waals surface area contributed by atoms with Crippen molar-refractivity contribution in [3.05, 3.63) is 10.1 Å². The van der Waals surface area contributed by atoms with E-state index in [4.69, 9.17) is 5.73 Å². The number of rotatable bonds is 7. The standard InChI is InChI=1S/C11H22N2O3/c12-8-7-11-5-3-10(4-6-11)2-1-9-16-13(14)15/h10-11H,1-9,12H2. The largest absolute Gasteiger partial charge is 0.330 e. The van der Waals surface area contributed by atoms with E-state index in [2.05, 4.69) is 4.84 Å². The molecule has 0 spiro atoms. The lowest BCUT2D eigenvalue weighted by atomic mass is 9.79. The molecule has 0 aromatic rings. The Bertz CT molecular complexity index is 203. The molecule has 0 bridgehead atoms. The maximum absolute atomic E-state index is 9.94. The first kappa shape index (κ1) is 13.2. The Morgan fingerprint density at radius 2 is 1.75 bits per heavy atom. The molecule has 0 saturated heterocycles. The zero-order valence-electron chi connectivity index (χ0n) is 9.77. The van der Waals surface area contributed by atoms with Gasteiger partial charge in [-0.3, -0.25) is 0 Å². The van der Waals surface area contributed by atoms with Gasteiger partial charge in [0.25, 0.3) is 5.09 Å². The topological polar surface area (TPSA) is 78.4 Å². The van der Waals surface area contributed by atoms with Crippen LogP contribution in [0.25, 0.3) is 0 Å². The molecule has 5 heteroatoms. The fourth-order valence-electron chi connectivity index (χ4n) is 2.56. The minimum Gasteiger partial charge on any atom is -0.330 e. The van der Waals surface area contributed by atoms with Gasteiger partial charge in [0.1, 0.15) is 0 Å². The summed E-state index contributed by atoms with van der Waals surface area (Å²) in [6.07, 6.45) is 8.07. The molecular formula is C11H22N2O3. The Labute approximate surface area is 96.4 Å². The van der Waals surface area contributed by atoms with E-state index in [1.807, 2.05) is 0 Å². The van der Waals surface area contributed by atoms with Gasteiger partial charge in [-0.15, -0.1) is 10.1 Å². The lowest BCUT2D eigenvalue weighted by Crippen LogP contribution is -2.17. The van der Waals surface area contributed by atoms with Gasteiger partial charge in [0, 0.05) is 0 Å². The summed E-state index contributed by atoms with van der Waals surface area (Å²) in [5.41, 5.74) is 5.54. The second-order valence-electron chi connectivity index (χ2n) is 4.66. The van der Waals surface area contributed by atoms with Crippen LogP contribution < -0.4 is 5.73 Å². The second-order valence-corrected chi connectivity index (χ2v) is 4.66. The first-order valence-corrected chi connectivity index (χ1v) is 6.19. The number of hydrogen-bond donors (Lipinski definition) is 1. The van der Waals surface area contributed by atoms with Gasteiger partial charge in [-0.25, -0.2) is 0 Å². The van der Waals surface area contributed by atoms with E-state index in [1.165, 1.54) is 25.7 Å². The molecule has 94 valence electrons. The average Bonchev–Trinajstić information content (AvgIpc) is 2.27. The highest BCUT2D eigenvalue weighted by Crippen LogP contribution is 2.32. The van der Waals surface area contributed by atoms with Gasteiger partial charge >= 0.3 is 0 Å². The molecule has 0 unspecified atom stereocenters. The first-order chi connectivity index (χ1) is 7.72. The molecule has 0 atom stereocenters. The predicted octanol–water partition coefficient (Wildman–Crippen LogP) is 2.13. The number of hydrogen-bond acceptors (Lipinski definition) is 4. The van der Waals surface area contributed by atoms with E-state index in [9.17, 15) is 10.1 Å². The SMILES string of the molecule is NCCC1CCC(CCCO[N+](=O)[O-])CC1. The van der Waals surface area contributed by atoms with Gasteiger partial charge in [0.15, 0.2) is 0 Å². The van der Waals surface area contributed by atoms with Crippen molar-refractivity contribution in [3.63, 3.8) is 0 Å². The molecule has 16 heavy (non-hydrogen) atoms. The molecule has 1 fully saturated rings. The monoisotopic (exact) mass is 230 g/mol. The highest BCUT2D eigenvalue weighted by molar-refractivity contribution is 4.72. The van der Waals surface area contributed by atoms with E-state index in [1.54, 1.807) is 0 Å². The van der Waals surface area contributed by atoms with Crippen molar-refractivity contribution in [1.82, 2.24) is 0 Å². The predicted molar refractivity (Wildman–Crippen MR) is 61.3 cm³/mol. The van der Waals surface area contributed by atoms with Gasteiger partial charge < -0.3 is 10.6 Å². The second kappa shape index (κ2) is 7.44. The molecule has 0 heterocycles. The summed E-state index contributed by atoms with van der Waals surface area (Å²) in [7, 11) is 0. The van der Waals surface area contributed by atoms with Crippen molar-refractivity contribution >= 4 is 0 Å². The number of nitrogens with zero attached hydrogens (tertiary/aromatic N) is 1. The van der Waals surface area contributed by atoms with Crippen molar-refractivity contribution in [2.45, 2.75) is 44.9 Å². The zero-order valence-corrected chi connectivity index (χ0v) is 9.77. The maximum Gasteiger partial charge on any atom is 0.294 e. The zero-order chi connectivity index (χ0) is 11.8. The fourth-order valence-corrected chi connectivity index (χ4v) is 2.56. The van der Waals surface area contributed by atoms with E-state index in [0.717, 1.165) is 37.6 Å². The quantitative estimate of drug-likeness (QED) is 0.413. The minimum atomic E-state index is -0.710. The van der Waals surface area contributed by atoms with Crippen molar-refractivity contribution < 1.29 is 9.92 Å². The molecule has 2 N–H and O–H groups in total. The van der Waals surface area contributed by atoms with Crippen LogP contribution in [0.15, 0.2) is 0 Å². The smallest absolute Gasteiger partial charge is 0.294 e. The Morgan fingerprint density at radius 3 is 2.25 bits per heavy atom. The fraction of sp³-hybridized carbons (Fsp3) is 1.00. The third-order valence-electron chi connectivity index (χ3n) is 3.49. The van der Waals surface area contributed by atoms with Crippen LogP contribution in [-0.2, 0) is 4.84 Å². The van der Waals surface area contributed by atoms with E-state index in [0.29, 0.717) is 0 Å². The summed E-state index contributed by atoms with van der Waals surface area (Å²) in [6.45, 7) is 1.04. The van der Waals surface area contributed by atoms with Crippen LogP contribution in [0.1, 0.15) is 44.9 Å². The molecule has 5 nitrogen and oxygen atoms in total. The highest BCUT2D eigenvalue weighted by Gasteiger charge is 2.20. The van der Waals surface area contributed by atoms with Gasteiger partial charge in [-0.1, -0.05) is 25.7 Å². The Kier molecular flexibility index (Phi) is 6.15. The molecular weight excluding hydrogens is 208 g/mol. The molecule has 1 rings (SSSR count). The summed E-state index contributed by atoms with van der Waals surface area (Å²) in [6, 6.07) is 0. The Balaban J connectivity index is 2.01. The molecule has 0 amide bonds. The number of nitrogens with two attached hydrogens (primary N) is 1. The van der Waals surface area contributed by atoms with Crippen LogP contribution in [0.3, 0.4) is 0 Å². The van der Waals surface area contributed by atoms with E-state index < -0.39 is 5.09 Å². The van der Waals surface area contributed by atoms with Crippen LogP contribution in [0.2, 0.25) is 0 Å². The Morgan fingerprint density at radius 1 is 1.19 bits per heavy atom. The summed E-state index contributed by atoms with van der Waals surface area (Å²) < 4.78 is 0. The lowest BCUT2D eigenvalue weighted by Gasteiger charge is -2.28. The van der Waals surface area contributed by atoms with E-state index >= 15 is 0 Å². The van der Waals surface area contributed by atoms with Crippen LogP contribution >= 0.6 is 0 Å². The molecule has 1 saturated carbocycles. The molecule has 0 aliphatic heterocycles. The molecule has 0 aromatic carbocycles. The van der Waals surface area contributed by atoms with Gasteiger partial charge in [-0.2, -0.15) is 0 Å². The molecule has 1 aliphatic rings. The van der Waals surface area contributed by atoms with Crippen LogP contribution in [0, 0.1) is 22.0 Å².